The summed E-state index contributed by atoms with van der Waals surface area (Å²) in [6.07, 6.45) is 5.37. The van der Waals surface area contributed by atoms with Gasteiger partial charge in [-0.1, -0.05) is 19.8 Å². The van der Waals surface area contributed by atoms with Gasteiger partial charge in [-0.2, -0.15) is 0 Å². The van der Waals surface area contributed by atoms with Gasteiger partial charge >= 0.3 is 0 Å². The molecule has 2 rings (SSSR count). The van der Waals surface area contributed by atoms with Crippen molar-refractivity contribution in [2.24, 2.45) is 11.8 Å². The molecule has 1 aromatic rings. The van der Waals surface area contributed by atoms with Crippen molar-refractivity contribution < 1.29 is 9.84 Å². The molecule has 17 heavy (non-hydrogen) atoms. The lowest BCUT2D eigenvalue weighted by molar-refractivity contribution is 0.0892. The Balaban J connectivity index is 1.99. The van der Waals surface area contributed by atoms with Gasteiger partial charge in [0, 0.05) is 12.5 Å². The number of aromatic nitrogens is 2. The molecule has 0 amide bonds. The van der Waals surface area contributed by atoms with Crippen molar-refractivity contribution in [3.05, 3.63) is 18.1 Å². The summed E-state index contributed by atoms with van der Waals surface area (Å²) < 4.78 is 5.05. The summed E-state index contributed by atoms with van der Waals surface area (Å²) in [5.41, 5.74) is 0.850. The maximum absolute atomic E-state index is 10.2. The fraction of sp³-hybridized carbons (Fsp3) is 0.692. The van der Waals surface area contributed by atoms with E-state index in [1.54, 1.807) is 13.2 Å². The van der Waals surface area contributed by atoms with Gasteiger partial charge in [-0.05, 0) is 18.3 Å². The molecule has 1 aromatic heterocycles. The van der Waals surface area contributed by atoms with Crippen LogP contribution in [0.4, 0.5) is 0 Å². The molecule has 4 nitrogen and oxygen atoms in total. The molecular weight excluding hydrogens is 216 g/mol. The second kappa shape index (κ2) is 5.45. The lowest BCUT2D eigenvalue weighted by Gasteiger charge is -2.21. The highest BCUT2D eigenvalue weighted by Crippen LogP contribution is 2.34. The van der Waals surface area contributed by atoms with Crippen molar-refractivity contribution in [3.8, 4) is 5.88 Å². The van der Waals surface area contributed by atoms with E-state index in [0.29, 0.717) is 24.1 Å². The molecule has 1 saturated carbocycles. The molecule has 3 atom stereocenters. The molecular formula is C13H20N2O2. The lowest BCUT2D eigenvalue weighted by Crippen LogP contribution is -2.25. The second-order valence-corrected chi connectivity index (χ2v) is 4.90. The predicted molar refractivity (Wildman–Crippen MR) is 64.8 cm³/mol. The molecule has 0 saturated heterocycles. The molecule has 1 aliphatic rings. The van der Waals surface area contributed by atoms with Crippen LogP contribution in [0.5, 0.6) is 5.88 Å². The Hall–Kier alpha value is -1.16. The first-order valence-electron chi connectivity index (χ1n) is 6.23. The largest absolute Gasteiger partial charge is 0.481 e. The Kier molecular flexibility index (Phi) is 3.94. The zero-order valence-electron chi connectivity index (χ0n) is 10.5. The van der Waals surface area contributed by atoms with Crippen molar-refractivity contribution >= 4 is 0 Å². The maximum atomic E-state index is 10.2. The molecule has 4 heteroatoms. The molecule has 0 spiro atoms. The fourth-order valence-electron chi connectivity index (χ4n) is 2.71. The van der Waals surface area contributed by atoms with Crippen LogP contribution in [0.2, 0.25) is 0 Å². The highest BCUT2D eigenvalue weighted by Gasteiger charge is 2.29. The fourth-order valence-corrected chi connectivity index (χ4v) is 2.71. The Morgan fingerprint density at radius 2 is 2.29 bits per heavy atom. The third kappa shape index (κ3) is 2.94. The SMILES string of the molecule is COc1cc(CC(O)C2CCCC2C)ncn1. The number of rotatable bonds is 4. The summed E-state index contributed by atoms with van der Waals surface area (Å²) in [6, 6.07) is 1.79. The molecule has 0 radical (unpaired) electrons. The summed E-state index contributed by atoms with van der Waals surface area (Å²) in [4.78, 5) is 8.14. The van der Waals surface area contributed by atoms with Crippen molar-refractivity contribution in [1.82, 2.24) is 9.97 Å². The molecule has 1 aliphatic carbocycles. The number of aliphatic hydroxyl groups excluding tert-OH is 1. The van der Waals surface area contributed by atoms with Gasteiger partial charge in [0.05, 0.1) is 18.9 Å². The van der Waals surface area contributed by atoms with Crippen LogP contribution >= 0.6 is 0 Å². The number of ether oxygens (including phenoxy) is 1. The standard InChI is InChI=1S/C13H20N2O2/c1-9-4-3-5-11(9)12(16)6-10-7-13(17-2)15-8-14-10/h7-9,11-12,16H,3-6H2,1-2H3. The normalized spacial score (nSPS) is 25.8. The Labute approximate surface area is 102 Å². The summed E-state index contributed by atoms with van der Waals surface area (Å²) in [5, 5.41) is 10.2. The molecule has 3 unspecified atom stereocenters. The number of hydrogen-bond acceptors (Lipinski definition) is 4. The summed E-state index contributed by atoms with van der Waals surface area (Å²) in [6.45, 7) is 2.22. The van der Waals surface area contributed by atoms with E-state index in [1.165, 1.54) is 19.2 Å². The van der Waals surface area contributed by atoms with Crippen molar-refractivity contribution in [2.75, 3.05) is 7.11 Å². The van der Waals surface area contributed by atoms with Crippen LogP contribution in [0.15, 0.2) is 12.4 Å². The quantitative estimate of drug-likeness (QED) is 0.866. The van der Waals surface area contributed by atoms with E-state index in [2.05, 4.69) is 16.9 Å². The average Bonchev–Trinajstić information content (AvgIpc) is 2.76. The van der Waals surface area contributed by atoms with Crippen molar-refractivity contribution in [1.29, 1.82) is 0 Å². The topological polar surface area (TPSA) is 55.2 Å². The van der Waals surface area contributed by atoms with E-state index in [0.717, 1.165) is 12.1 Å². The van der Waals surface area contributed by atoms with E-state index < -0.39 is 0 Å². The zero-order valence-corrected chi connectivity index (χ0v) is 10.5. The Morgan fingerprint density at radius 1 is 1.47 bits per heavy atom. The minimum absolute atomic E-state index is 0.299. The van der Waals surface area contributed by atoms with Crippen molar-refractivity contribution in [2.45, 2.75) is 38.7 Å². The first-order valence-corrected chi connectivity index (χ1v) is 6.23. The smallest absolute Gasteiger partial charge is 0.216 e. The molecule has 1 heterocycles. The van der Waals surface area contributed by atoms with Gasteiger partial charge in [0.2, 0.25) is 5.88 Å². The van der Waals surface area contributed by atoms with Gasteiger partial charge in [-0.3, -0.25) is 0 Å². The number of aliphatic hydroxyl groups is 1. The zero-order chi connectivity index (χ0) is 12.3. The summed E-state index contributed by atoms with van der Waals surface area (Å²) >= 11 is 0. The molecule has 1 fully saturated rings. The average molecular weight is 236 g/mol. The predicted octanol–water partition coefficient (Wildman–Crippen LogP) is 1.82. The van der Waals surface area contributed by atoms with Gasteiger partial charge in [0.15, 0.2) is 0 Å². The Bertz CT molecular complexity index is 370. The van der Waals surface area contributed by atoms with Crippen LogP contribution in [0.3, 0.4) is 0 Å². The van der Waals surface area contributed by atoms with Crippen molar-refractivity contribution in [3.63, 3.8) is 0 Å². The lowest BCUT2D eigenvalue weighted by atomic mass is 9.90. The third-order valence-corrected chi connectivity index (χ3v) is 3.75. The molecule has 94 valence electrons. The van der Waals surface area contributed by atoms with E-state index in [9.17, 15) is 5.11 Å². The summed E-state index contributed by atoms with van der Waals surface area (Å²) in [5.74, 6) is 1.59. The molecule has 0 aromatic carbocycles. The summed E-state index contributed by atoms with van der Waals surface area (Å²) in [7, 11) is 1.58. The van der Waals surface area contributed by atoms with Crippen LogP contribution in [-0.2, 0) is 6.42 Å². The van der Waals surface area contributed by atoms with E-state index >= 15 is 0 Å². The van der Waals surface area contributed by atoms with Gasteiger partial charge in [0.25, 0.3) is 0 Å². The monoisotopic (exact) mass is 236 g/mol. The third-order valence-electron chi connectivity index (χ3n) is 3.75. The highest BCUT2D eigenvalue weighted by atomic mass is 16.5. The Morgan fingerprint density at radius 3 is 2.94 bits per heavy atom. The van der Waals surface area contributed by atoms with Crippen LogP contribution < -0.4 is 4.74 Å². The molecule has 1 N–H and O–H groups in total. The molecule has 0 aliphatic heterocycles. The maximum Gasteiger partial charge on any atom is 0.216 e. The number of nitrogens with zero attached hydrogens (tertiary/aromatic N) is 2. The van der Waals surface area contributed by atoms with Gasteiger partial charge < -0.3 is 9.84 Å². The first kappa shape index (κ1) is 12.3. The van der Waals surface area contributed by atoms with E-state index in [-0.39, 0.29) is 6.10 Å². The molecule has 0 bridgehead atoms. The second-order valence-electron chi connectivity index (χ2n) is 4.90. The van der Waals surface area contributed by atoms with Gasteiger partial charge in [-0.15, -0.1) is 0 Å². The van der Waals surface area contributed by atoms with E-state index in [4.69, 9.17) is 4.74 Å². The minimum atomic E-state index is -0.299. The van der Waals surface area contributed by atoms with Crippen LogP contribution in [0.1, 0.15) is 31.9 Å². The number of hydrogen-bond donors (Lipinski definition) is 1. The highest BCUT2D eigenvalue weighted by molar-refractivity contribution is 5.14. The first-order chi connectivity index (χ1) is 8.20. The van der Waals surface area contributed by atoms with Crippen LogP contribution in [0.25, 0.3) is 0 Å². The number of methoxy groups -OCH3 is 1. The van der Waals surface area contributed by atoms with Gasteiger partial charge in [0.1, 0.15) is 6.33 Å². The van der Waals surface area contributed by atoms with Crippen LogP contribution in [0, 0.1) is 11.8 Å². The minimum Gasteiger partial charge on any atom is -0.481 e. The van der Waals surface area contributed by atoms with E-state index in [1.807, 2.05) is 0 Å². The van der Waals surface area contributed by atoms with Crippen LogP contribution in [-0.4, -0.2) is 28.3 Å². The van der Waals surface area contributed by atoms with Gasteiger partial charge in [-0.25, -0.2) is 9.97 Å².